The number of aryl methyl sites for hydroxylation is 2. The summed E-state index contributed by atoms with van der Waals surface area (Å²) in [5, 5.41) is 10.6. The molecule has 1 N–H and O–H groups in total. The highest BCUT2D eigenvalue weighted by Gasteiger charge is 2.24. The molecule has 0 saturated carbocycles. The van der Waals surface area contributed by atoms with Crippen LogP contribution in [0, 0.1) is 12.8 Å². The SMILES string of the molecule is C/C=C(/F)[C@H](CCc1ccccc1)[C@@H](O)c1cccc(C)c1. The molecule has 0 aliphatic carbocycles. The summed E-state index contributed by atoms with van der Waals surface area (Å²) in [5.41, 5.74) is 3.00. The molecule has 2 rings (SSSR count). The van der Waals surface area contributed by atoms with Crippen molar-refractivity contribution in [3.8, 4) is 0 Å². The lowest BCUT2D eigenvalue weighted by Crippen LogP contribution is -2.15. The monoisotopic (exact) mass is 298 g/mol. The molecule has 0 saturated heterocycles. The Bertz CT molecular complexity index is 619. The molecule has 0 heterocycles. The van der Waals surface area contributed by atoms with Crippen LogP contribution in [0.4, 0.5) is 4.39 Å². The molecule has 0 bridgehead atoms. The molecule has 2 aromatic carbocycles. The molecule has 22 heavy (non-hydrogen) atoms. The summed E-state index contributed by atoms with van der Waals surface area (Å²) >= 11 is 0. The van der Waals surface area contributed by atoms with Gasteiger partial charge in [-0.1, -0.05) is 66.2 Å². The number of allylic oxidation sites excluding steroid dienone is 1. The van der Waals surface area contributed by atoms with Crippen molar-refractivity contribution in [3.05, 3.63) is 83.2 Å². The number of hydrogen-bond donors (Lipinski definition) is 1. The number of halogens is 1. The van der Waals surface area contributed by atoms with Gasteiger partial charge in [-0.25, -0.2) is 4.39 Å². The Morgan fingerprint density at radius 1 is 1.14 bits per heavy atom. The Balaban J connectivity index is 2.15. The second kappa shape index (κ2) is 7.90. The third-order valence-electron chi connectivity index (χ3n) is 3.98. The maximum absolute atomic E-state index is 14.2. The molecular formula is C20H23FO. The number of hydrogen-bond acceptors (Lipinski definition) is 1. The van der Waals surface area contributed by atoms with Gasteiger partial charge in [-0.2, -0.15) is 0 Å². The third-order valence-corrected chi connectivity index (χ3v) is 3.98. The van der Waals surface area contributed by atoms with Gasteiger partial charge in [-0.15, -0.1) is 0 Å². The van der Waals surface area contributed by atoms with E-state index in [1.165, 1.54) is 6.08 Å². The summed E-state index contributed by atoms with van der Waals surface area (Å²) in [6, 6.07) is 17.6. The zero-order chi connectivity index (χ0) is 15.9. The second-order valence-corrected chi connectivity index (χ2v) is 5.66. The van der Waals surface area contributed by atoms with E-state index in [0.29, 0.717) is 6.42 Å². The van der Waals surface area contributed by atoms with E-state index in [1.807, 2.05) is 61.5 Å². The van der Waals surface area contributed by atoms with Crippen LogP contribution in [0.3, 0.4) is 0 Å². The molecule has 0 radical (unpaired) electrons. The molecule has 116 valence electrons. The van der Waals surface area contributed by atoms with Crippen molar-refractivity contribution in [2.45, 2.75) is 32.8 Å². The topological polar surface area (TPSA) is 20.2 Å². The van der Waals surface area contributed by atoms with Gasteiger partial charge in [0.1, 0.15) is 5.83 Å². The molecule has 0 aliphatic heterocycles. The van der Waals surface area contributed by atoms with Crippen LogP contribution in [0.1, 0.15) is 36.1 Å². The van der Waals surface area contributed by atoms with Crippen LogP contribution in [0.5, 0.6) is 0 Å². The molecule has 0 spiro atoms. The zero-order valence-electron chi connectivity index (χ0n) is 13.2. The Morgan fingerprint density at radius 2 is 1.86 bits per heavy atom. The van der Waals surface area contributed by atoms with E-state index >= 15 is 0 Å². The van der Waals surface area contributed by atoms with Crippen LogP contribution in [0.25, 0.3) is 0 Å². The van der Waals surface area contributed by atoms with Gasteiger partial charge in [0.15, 0.2) is 0 Å². The minimum absolute atomic E-state index is 0.245. The summed E-state index contributed by atoms with van der Waals surface area (Å²) in [5.74, 6) is -0.753. The number of benzene rings is 2. The van der Waals surface area contributed by atoms with Gasteiger partial charge in [0.05, 0.1) is 6.10 Å². The van der Waals surface area contributed by atoms with E-state index in [0.717, 1.165) is 23.1 Å². The van der Waals surface area contributed by atoms with Crippen LogP contribution in [-0.2, 0) is 6.42 Å². The van der Waals surface area contributed by atoms with Crippen molar-refractivity contribution in [3.63, 3.8) is 0 Å². The molecule has 0 aliphatic rings. The molecule has 0 fully saturated rings. The first kappa shape index (κ1) is 16.4. The minimum atomic E-state index is -0.820. The van der Waals surface area contributed by atoms with Crippen molar-refractivity contribution < 1.29 is 9.50 Å². The van der Waals surface area contributed by atoms with Gasteiger partial charge >= 0.3 is 0 Å². The van der Waals surface area contributed by atoms with Crippen molar-refractivity contribution in [2.24, 2.45) is 5.92 Å². The molecule has 0 aromatic heterocycles. The van der Waals surface area contributed by atoms with Crippen LogP contribution in [-0.4, -0.2) is 5.11 Å². The molecule has 2 atom stereocenters. The maximum Gasteiger partial charge on any atom is 0.102 e. The van der Waals surface area contributed by atoms with Crippen molar-refractivity contribution in [1.82, 2.24) is 0 Å². The number of rotatable bonds is 6. The van der Waals surface area contributed by atoms with Crippen LogP contribution in [0.15, 0.2) is 66.5 Å². The fraction of sp³-hybridized carbons (Fsp3) is 0.300. The first-order valence-electron chi connectivity index (χ1n) is 7.72. The molecule has 1 nitrogen and oxygen atoms in total. The average molecular weight is 298 g/mol. The lowest BCUT2D eigenvalue weighted by Gasteiger charge is -2.22. The summed E-state index contributed by atoms with van der Waals surface area (Å²) in [6.07, 6.45) is 1.96. The predicted octanol–water partition coefficient (Wildman–Crippen LogP) is 5.15. The molecule has 2 heteroatoms. The van der Waals surface area contributed by atoms with Gasteiger partial charge < -0.3 is 5.11 Å². The Labute approximate surface area is 132 Å². The lowest BCUT2D eigenvalue weighted by atomic mass is 9.88. The Morgan fingerprint density at radius 3 is 2.50 bits per heavy atom. The highest BCUT2D eigenvalue weighted by atomic mass is 19.1. The van der Waals surface area contributed by atoms with E-state index < -0.39 is 12.0 Å². The quantitative estimate of drug-likeness (QED) is 0.782. The van der Waals surface area contributed by atoms with Gasteiger partial charge in [0, 0.05) is 5.92 Å². The summed E-state index contributed by atoms with van der Waals surface area (Å²) in [4.78, 5) is 0. The fourth-order valence-corrected chi connectivity index (χ4v) is 2.71. The van der Waals surface area contributed by atoms with E-state index in [4.69, 9.17) is 0 Å². The molecule has 0 amide bonds. The van der Waals surface area contributed by atoms with E-state index in [2.05, 4.69) is 0 Å². The van der Waals surface area contributed by atoms with Crippen molar-refractivity contribution >= 4 is 0 Å². The highest BCUT2D eigenvalue weighted by Crippen LogP contribution is 2.32. The Kier molecular flexibility index (Phi) is 5.91. The normalized spacial score (nSPS) is 14.6. The van der Waals surface area contributed by atoms with Gasteiger partial charge in [0.2, 0.25) is 0 Å². The summed E-state index contributed by atoms with van der Waals surface area (Å²) < 4.78 is 14.2. The molecule has 2 aromatic rings. The lowest BCUT2D eigenvalue weighted by molar-refractivity contribution is 0.109. The predicted molar refractivity (Wildman–Crippen MR) is 89.3 cm³/mol. The van der Waals surface area contributed by atoms with Crippen LogP contribution in [0.2, 0.25) is 0 Å². The zero-order valence-corrected chi connectivity index (χ0v) is 13.2. The first-order valence-corrected chi connectivity index (χ1v) is 7.72. The highest BCUT2D eigenvalue weighted by molar-refractivity contribution is 5.26. The van der Waals surface area contributed by atoms with E-state index in [9.17, 15) is 9.50 Å². The van der Waals surface area contributed by atoms with Gasteiger partial charge in [-0.3, -0.25) is 0 Å². The minimum Gasteiger partial charge on any atom is -0.388 e. The number of aliphatic hydroxyl groups excluding tert-OH is 1. The Hall–Kier alpha value is -1.93. The van der Waals surface area contributed by atoms with E-state index in [1.54, 1.807) is 6.92 Å². The van der Waals surface area contributed by atoms with E-state index in [-0.39, 0.29) is 5.83 Å². The molecule has 0 unspecified atom stereocenters. The smallest absolute Gasteiger partial charge is 0.102 e. The van der Waals surface area contributed by atoms with Crippen molar-refractivity contribution in [1.29, 1.82) is 0 Å². The largest absolute Gasteiger partial charge is 0.388 e. The third kappa shape index (κ3) is 4.28. The summed E-state index contributed by atoms with van der Waals surface area (Å²) in [7, 11) is 0. The van der Waals surface area contributed by atoms with Crippen LogP contribution >= 0.6 is 0 Å². The second-order valence-electron chi connectivity index (χ2n) is 5.66. The van der Waals surface area contributed by atoms with Gasteiger partial charge in [0.25, 0.3) is 0 Å². The molecular weight excluding hydrogens is 275 g/mol. The standard InChI is InChI=1S/C20H23FO/c1-3-19(21)18(13-12-16-9-5-4-6-10-16)20(22)17-11-7-8-15(2)14-17/h3-11,14,18,20,22H,12-13H2,1-2H3/b19-3+/t18-,20-/m0/s1. The fourth-order valence-electron chi connectivity index (χ4n) is 2.71. The van der Waals surface area contributed by atoms with Crippen molar-refractivity contribution in [2.75, 3.05) is 0 Å². The van der Waals surface area contributed by atoms with Gasteiger partial charge in [-0.05, 0) is 37.8 Å². The average Bonchev–Trinajstić information content (AvgIpc) is 2.55. The van der Waals surface area contributed by atoms with Crippen LogP contribution < -0.4 is 0 Å². The summed E-state index contributed by atoms with van der Waals surface area (Å²) in [6.45, 7) is 3.65. The maximum atomic E-state index is 14.2. The first-order chi connectivity index (χ1) is 10.6. The number of aliphatic hydroxyl groups is 1.